The molecule has 1 N–H and O–H groups in total. The molecule has 2 aromatic rings. The average molecular weight is 382 g/mol. The standard InChI is InChI=1S/C22H26N2O4/c1-16(28-21-14-17(15-25)6-11-20(21)27-2)22(26)23-18-7-9-19(10-8-18)24-12-4-3-5-13-24/h6-11,14-16H,3-5,12-13H2,1-2H3,(H,23,26)/t16-/m1/s1. The third-order valence-electron chi connectivity index (χ3n) is 4.85. The maximum Gasteiger partial charge on any atom is 0.265 e. The van der Waals surface area contributed by atoms with Crippen LogP contribution in [0, 0.1) is 0 Å². The molecule has 0 aromatic heterocycles. The van der Waals surface area contributed by atoms with Gasteiger partial charge in [-0.05, 0) is 68.7 Å². The normalized spacial score (nSPS) is 14.9. The second kappa shape index (κ2) is 9.26. The van der Waals surface area contributed by atoms with Crippen molar-refractivity contribution in [2.75, 3.05) is 30.4 Å². The van der Waals surface area contributed by atoms with Crippen LogP contribution in [0.15, 0.2) is 42.5 Å². The molecule has 0 spiro atoms. The summed E-state index contributed by atoms with van der Waals surface area (Å²) in [4.78, 5) is 25.9. The van der Waals surface area contributed by atoms with E-state index in [1.54, 1.807) is 25.1 Å². The fourth-order valence-corrected chi connectivity index (χ4v) is 3.25. The number of piperidine rings is 1. The molecule has 28 heavy (non-hydrogen) atoms. The minimum atomic E-state index is -0.752. The number of carbonyl (C=O) groups excluding carboxylic acids is 2. The summed E-state index contributed by atoms with van der Waals surface area (Å²) in [5.41, 5.74) is 2.35. The van der Waals surface area contributed by atoms with Gasteiger partial charge >= 0.3 is 0 Å². The SMILES string of the molecule is COc1ccc(C=O)cc1O[C@H](C)C(=O)Nc1ccc(N2CCCCC2)cc1. The van der Waals surface area contributed by atoms with Crippen molar-refractivity contribution in [1.82, 2.24) is 0 Å². The molecule has 3 rings (SSSR count). The van der Waals surface area contributed by atoms with Gasteiger partial charge in [-0.15, -0.1) is 0 Å². The summed E-state index contributed by atoms with van der Waals surface area (Å²) in [6.45, 7) is 3.82. The number of aldehydes is 1. The van der Waals surface area contributed by atoms with Gasteiger partial charge in [-0.25, -0.2) is 0 Å². The lowest BCUT2D eigenvalue weighted by Gasteiger charge is -2.28. The molecule has 1 heterocycles. The Morgan fingerprint density at radius 3 is 2.43 bits per heavy atom. The lowest BCUT2D eigenvalue weighted by atomic mass is 10.1. The predicted molar refractivity (Wildman–Crippen MR) is 110 cm³/mol. The fraction of sp³-hybridized carbons (Fsp3) is 0.364. The summed E-state index contributed by atoms with van der Waals surface area (Å²) >= 11 is 0. The first-order valence-electron chi connectivity index (χ1n) is 9.56. The number of nitrogens with zero attached hydrogens (tertiary/aromatic N) is 1. The molecule has 0 saturated carbocycles. The quantitative estimate of drug-likeness (QED) is 0.736. The highest BCUT2D eigenvalue weighted by atomic mass is 16.5. The monoisotopic (exact) mass is 382 g/mol. The Balaban J connectivity index is 1.62. The molecular formula is C22H26N2O4. The summed E-state index contributed by atoms with van der Waals surface area (Å²) in [5.74, 6) is 0.551. The number of rotatable bonds is 7. The van der Waals surface area contributed by atoms with Gasteiger partial charge in [0.15, 0.2) is 17.6 Å². The van der Waals surface area contributed by atoms with E-state index in [0.29, 0.717) is 17.1 Å². The topological polar surface area (TPSA) is 67.9 Å². The molecule has 0 unspecified atom stereocenters. The Bertz CT molecular complexity index is 814. The first-order valence-corrected chi connectivity index (χ1v) is 9.56. The number of hydrogen-bond acceptors (Lipinski definition) is 5. The van der Waals surface area contributed by atoms with Crippen LogP contribution in [0.5, 0.6) is 11.5 Å². The van der Waals surface area contributed by atoms with Crippen molar-refractivity contribution in [1.29, 1.82) is 0 Å². The van der Waals surface area contributed by atoms with E-state index in [1.165, 1.54) is 32.1 Å². The molecule has 148 valence electrons. The zero-order chi connectivity index (χ0) is 19.9. The van der Waals surface area contributed by atoms with Gasteiger partial charge in [0, 0.05) is 30.0 Å². The molecule has 1 saturated heterocycles. The molecular weight excluding hydrogens is 356 g/mol. The van der Waals surface area contributed by atoms with Crippen molar-refractivity contribution in [2.45, 2.75) is 32.3 Å². The smallest absolute Gasteiger partial charge is 0.265 e. The Hall–Kier alpha value is -3.02. The van der Waals surface area contributed by atoms with Crippen LogP contribution < -0.4 is 19.7 Å². The molecule has 2 aromatic carbocycles. The number of anilines is 2. The largest absolute Gasteiger partial charge is 0.493 e. The number of benzene rings is 2. The first kappa shape index (κ1) is 19.7. The van der Waals surface area contributed by atoms with E-state index in [-0.39, 0.29) is 5.91 Å². The van der Waals surface area contributed by atoms with Gasteiger partial charge < -0.3 is 19.7 Å². The third kappa shape index (κ3) is 4.82. The van der Waals surface area contributed by atoms with Crippen molar-refractivity contribution in [3.63, 3.8) is 0 Å². The minimum absolute atomic E-state index is 0.274. The molecule has 0 radical (unpaired) electrons. The van der Waals surface area contributed by atoms with Crippen LogP contribution in [0.25, 0.3) is 0 Å². The van der Waals surface area contributed by atoms with Gasteiger partial charge in [-0.1, -0.05) is 0 Å². The summed E-state index contributed by atoms with van der Waals surface area (Å²) in [6, 6.07) is 12.7. The molecule has 1 atom stereocenters. The minimum Gasteiger partial charge on any atom is -0.493 e. The van der Waals surface area contributed by atoms with E-state index in [2.05, 4.69) is 10.2 Å². The van der Waals surface area contributed by atoms with E-state index in [4.69, 9.17) is 9.47 Å². The Morgan fingerprint density at radius 1 is 1.07 bits per heavy atom. The van der Waals surface area contributed by atoms with Crippen LogP contribution >= 0.6 is 0 Å². The molecule has 0 aliphatic carbocycles. The second-order valence-corrected chi connectivity index (χ2v) is 6.87. The van der Waals surface area contributed by atoms with Gasteiger partial charge in [0.1, 0.15) is 6.29 Å². The Kier molecular flexibility index (Phi) is 6.53. The van der Waals surface area contributed by atoms with Gasteiger partial charge in [-0.2, -0.15) is 0 Å². The zero-order valence-electron chi connectivity index (χ0n) is 16.3. The van der Waals surface area contributed by atoms with E-state index >= 15 is 0 Å². The average Bonchev–Trinajstić information content (AvgIpc) is 2.74. The summed E-state index contributed by atoms with van der Waals surface area (Å²) in [6.07, 6.45) is 3.71. The number of nitrogens with one attached hydrogen (secondary N) is 1. The maximum absolute atomic E-state index is 12.5. The number of methoxy groups -OCH3 is 1. The van der Waals surface area contributed by atoms with Crippen LogP contribution in [0.1, 0.15) is 36.5 Å². The highest BCUT2D eigenvalue weighted by Gasteiger charge is 2.18. The summed E-state index contributed by atoms with van der Waals surface area (Å²) in [5, 5.41) is 2.87. The van der Waals surface area contributed by atoms with Crippen LogP contribution in [-0.4, -0.2) is 38.5 Å². The Labute approximate surface area is 165 Å². The van der Waals surface area contributed by atoms with Gasteiger partial charge in [-0.3, -0.25) is 9.59 Å². The lowest BCUT2D eigenvalue weighted by Crippen LogP contribution is -2.30. The van der Waals surface area contributed by atoms with Crippen molar-refractivity contribution in [2.24, 2.45) is 0 Å². The van der Waals surface area contributed by atoms with Crippen molar-refractivity contribution in [3.8, 4) is 11.5 Å². The maximum atomic E-state index is 12.5. The number of ether oxygens (including phenoxy) is 2. The van der Waals surface area contributed by atoms with Crippen LogP contribution in [0.4, 0.5) is 11.4 Å². The molecule has 6 heteroatoms. The van der Waals surface area contributed by atoms with Crippen molar-refractivity contribution >= 4 is 23.6 Å². The highest BCUT2D eigenvalue weighted by Crippen LogP contribution is 2.29. The molecule has 1 fully saturated rings. The van der Waals surface area contributed by atoms with Crippen molar-refractivity contribution < 1.29 is 19.1 Å². The van der Waals surface area contributed by atoms with E-state index in [0.717, 1.165) is 25.1 Å². The summed E-state index contributed by atoms with van der Waals surface area (Å²) < 4.78 is 11.0. The van der Waals surface area contributed by atoms with E-state index in [1.807, 2.05) is 24.3 Å². The summed E-state index contributed by atoms with van der Waals surface area (Å²) in [7, 11) is 1.51. The van der Waals surface area contributed by atoms with Crippen molar-refractivity contribution in [3.05, 3.63) is 48.0 Å². The first-order chi connectivity index (χ1) is 13.6. The van der Waals surface area contributed by atoms with Gasteiger partial charge in [0.2, 0.25) is 0 Å². The number of amides is 1. The molecule has 1 amide bonds. The van der Waals surface area contributed by atoms with Gasteiger partial charge in [0.25, 0.3) is 5.91 Å². The molecule has 1 aliphatic heterocycles. The van der Waals surface area contributed by atoms with Gasteiger partial charge in [0.05, 0.1) is 7.11 Å². The molecule has 0 bridgehead atoms. The van der Waals surface area contributed by atoms with E-state index in [9.17, 15) is 9.59 Å². The highest BCUT2D eigenvalue weighted by molar-refractivity contribution is 5.94. The predicted octanol–water partition coefficient (Wildman–Crippen LogP) is 3.90. The fourth-order valence-electron chi connectivity index (χ4n) is 3.25. The Morgan fingerprint density at radius 2 is 1.79 bits per heavy atom. The van der Waals surface area contributed by atoms with Crippen LogP contribution in [0.3, 0.4) is 0 Å². The molecule has 1 aliphatic rings. The van der Waals surface area contributed by atoms with Crippen LogP contribution in [0.2, 0.25) is 0 Å². The van der Waals surface area contributed by atoms with E-state index < -0.39 is 6.10 Å². The second-order valence-electron chi connectivity index (χ2n) is 6.87. The number of hydrogen-bond donors (Lipinski definition) is 1. The molecule has 6 nitrogen and oxygen atoms in total. The van der Waals surface area contributed by atoms with Crippen LogP contribution in [-0.2, 0) is 4.79 Å². The third-order valence-corrected chi connectivity index (χ3v) is 4.85. The zero-order valence-corrected chi connectivity index (χ0v) is 16.3. The lowest BCUT2D eigenvalue weighted by molar-refractivity contribution is -0.122. The number of carbonyl (C=O) groups is 2.